The predicted molar refractivity (Wildman–Crippen MR) is 109 cm³/mol. The van der Waals surface area contributed by atoms with Crippen molar-refractivity contribution in [2.45, 2.75) is 58.7 Å². The molecule has 0 aliphatic carbocycles. The van der Waals surface area contributed by atoms with Gasteiger partial charge in [-0.15, -0.1) is 0 Å². The maximum atomic E-state index is 13.2. The second kappa shape index (κ2) is 10.6. The van der Waals surface area contributed by atoms with Gasteiger partial charge in [0.05, 0.1) is 0 Å². The van der Waals surface area contributed by atoms with E-state index >= 15 is 0 Å². The van der Waals surface area contributed by atoms with E-state index in [0.717, 1.165) is 17.5 Å². The van der Waals surface area contributed by atoms with Crippen molar-refractivity contribution in [3.8, 4) is 0 Å². The molecule has 0 aliphatic rings. The molecular formula is C23H29FN2O2. The Balaban J connectivity index is 2.12. The van der Waals surface area contributed by atoms with Crippen LogP contribution in [0.2, 0.25) is 0 Å². The minimum absolute atomic E-state index is 0.0436. The number of nitrogens with one attached hydrogen (secondary N) is 1. The van der Waals surface area contributed by atoms with Gasteiger partial charge in [-0.3, -0.25) is 9.59 Å². The average molecular weight is 384 g/mol. The van der Waals surface area contributed by atoms with Crippen LogP contribution >= 0.6 is 0 Å². The molecule has 2 rings (SSSR count). The van der Waals surface area contributed by atoms with Gasteiger partial charge < -0.3 is 10.2 Å². The van der Waals surface area contributed by atoms with Crippen LogP contribution in [0.5, 0.6) is 0 Å². The number of rotatable bonds is 9. The van der Waals surface area contributed by atoms with Crippen LogP contribution in [-0.2, 0) is 22.6 Å². The maximum Gasteiger partial charge on any atom is 0.242 e. The zero-order valence-electron chi connectivity index (χ0n) is 16.8. The lowest BCUT2D eigenvalue weighted by Crippen LogP contribution is -2.49. The van der Waals surface area contributed by atoms with E-state index in [2.05, 4.69) is 5.32 Å². The van der Waals surface area contributed by atoms with Gasteiger partial charge in [0.2, 0.25) is 11.8 Å². The molecule has 28 heavy (non-hydrogen) atoms. The minimum Gasteiger partial charge on any atom is -0.352 e. The number of hydrogen-bond acceptors (Lipinski definition) is 2. The number of hydrogen-bond donors (Lipinski definition) is 1. The van der Waals surface area contributed by atoms with E-state index in [9.17, 15) is 14.0 Å². The summed E-state index contributed by atoms with van der Waals surface area (Å²) in [7, 11) is 0. The zero-order valence-corrected chi connectivity index (χ0v) is 16.8. The van der Waals surface area contributed by atoms with Crippen LogP contribution in [0.4, 0.5) is 4.39 Å². The van der Waals surface area contributed by atoms with Crippen LogP contribution in [0.1, 0.15) is 44.7 Å². The maximum absolute atomic E-state index is 13.2. The second-order valence-corrected chi connectivity index (χ2v) is 7.13. The molecule has 0 aliphatic heterocycles. The van der Waals surface area contributed by atoms with Crippen LogP contribution in [0, 0.1) is 5.82 Å². The first kappa shape index (κ1) is 21.6. The fraction of sp³-hybridized carbons (Fsp3) is 0.391. The molecule has 0 bridgehead atoms. The SMILES string of the molecule is CC[C@@H](C)NC(=O)[C@H](C)N(Cc1ccc(F)cc1)C(=O)CCc1ccccc1. The third-order valence-corrected chi connectivity index (χ3v) is 4.90. The van der Waals surface area contributed by atoms with Crippen LogP contribution in [0.15, 0.2) is 54.6 Å². The molecule has 2 atom stereocenters. The summed E-state index contributed by atoms with van der Waals surface area (Å²) in [4.78, 5) is 27.2. The van der Waals surface area contributed by atoms with Crippen LogP contribution < -0.4 is 5.32 Å². The Bertz CT molecular complexity index is 762. The fourth-order valence-electron chi connectivity index (χ4n) is 2.87. The third kappa shape index (κ3) is 6.48. The molecule has 0 aromatic heterocycles. The summed E-state index contributed by atoms with van der Waals surface area (Å²) >= 11 is 0. The van der Waals surface area contributed by atoms with Crippen molar-refractivity contribution in [1.82, 2.24) is 10.2 Å². The van der Waals surface area contributed by atoms with Gasteiger partial charge in [0.25, 0.3) is 0 Å². The van der Waals surface area contributed by atoms with Crippen LogP contribution in [0.25, 0.3) is 0 Å². The summed E-state index contributed by atoms with van der Waals surface area (Å²) in [5.41, 5.74) is 1.87. The first-order chi connectivity index (χ1) is 13.4. The number of amides is 2. The molecule has 0 saturated carbocycles. The molecule has 0 heterocycles. The van der Waals surface area contributed by atoms with E-state index in [1.54, 1.807) is 24.0 Å². The Morgan fingerprint density at radius 2 is 1.64 bits per heavy atom. The minimum atomic E-state index is -0.609. The number of nitrogens with zero attached hydrogens (tertiary/aromatic N) is 1. The first-order valence-corrected chi connectivity index (χ1v) is 9.79. The molecule has 2 amide bonds. The van der Waals surface area contributed by atoms with E-state index in [1.165, 1.54) is 12.1 Å². The summed E-state index contributed by atoms with van der Waals surface area (Å²) < 4.78 is 13.2. The normalized spacial score (nSPS) is 12.9. The number of benzene rings is 2. The molecule has 1 N–H and O–H groups in total. The molecule has 0 saturated heterocycles. The Labute approximate surface area is 166 Å². The summed E-state index contributed by atoms with van der Waals surface area (Å²) in [6.45, 7) is 5.94. The second-order valence-electron chi connectivity index (χ2n) is 7.13. The van der Waals surface area contributed by atoms with E-state index in [4.69, 9.17) is 0 Å². The Morgan fingerprint density at radius 3 is 2.25 bits per heavy atom. The molecule has 2 aromatic rings. The van der Waals surface area contributed by atoms with E-state index < -0.39 is 6.04 Å². The van der Waals surface area contributed by atoms with Crippen LogP contribution in [0.3, 0.4) is 0 Å². The summed E-state index contributed by atoms with van der Waals surface area (Å²) in [5, 5.41) is 2.94. The summed E-state index contributed by atoms with van der Waals surface area (Å²) in [6, 6.07) is 15.2. The van der Waals surface area contributed by atoms with Gasteiger partial charge in [-0.1, -0.05) is 49.4 Å². The van der Waals surface area contributed by atoms with Gasteiger partial charge in [0.1, 0.15) is 11.9 Å². The molecule has 2 aromatic carbocycles. The lowest BCUT2D eigenvalue weighted by atomic mass is 10.1. The van der Waals surface area contributed by atoms with Gasteiger partial charge in [-0.25, -0.2) is 4.39 Å². The topological polar surface area (TPSA) is 49.4 Å². The number of carbonyl (C=O) groups excluding carboxylic acids is 2. The lowest BCUT2D eigenvalue weighted by Gasteiger charge is -2.29. The molecule has 0 fully saturated rings. The Morgan fingerprint density at radius 1 is 1.00 bits per heavy atom. The van der Waals surface area contributed by atoms with Crippen molar-refractivity contribution in [1.29, 1.82) is 0 Å². The third-order valence-electron chi connectivity index (χ3n) is 4.90. The van der Waals surface area contributed by atoms with E-state index in [1.807, 2.05) is 44.2 Å². The highest BCUT2D eigenvalue weighted by Gasteiger charge is 2.26. The van der Waals surface area contributed by atoms with Crippen molar-refractivity contribution in [3.05, 3.63) is 71.5 Å². The lowest BCUT2D eigenvalue weighted by molar-refractivity contribution is -0.140. The molecule has 5 heteroatoms. The number of aryl methyl sites for hydroxylation is 1. The van der Waals surface area contributed by atoms with E-state index in [-0.39, 0.29) is 30.2 Å². The van der Waals surface area contributed by atoms with Gasteiger partial charge in [0, 0.05) is 19.0 Å². The summed E-state index contributed by atoms with van der Waals surface area (Å²) in [5.74, 6) is -0.599. The van der Waals surface area contributed by atoms with Gasteiger partial charge in [-0.05, 0) is 49.9 Å². The quantitative estimate of drug-likeness (QED) is 0.708. The molecule has 0 unspecified atom stereocenters. The fourth-order valence-corrected chi connectivity index (χ4v) is 2.87. The molecule has 0 radical (unpaired) electrons. The van der Waals surface area contributed by atoms with Crippen molar-refractivity contribution in [2.75, 3.05) is 0 Å². The summed E-state index contributed by atoms with van der Waals surface area (Å²) in [6.07, 6.45) is 1.74. The van der Waals surface area contributed by atoms with Crippen LogP contribution in [-0.4, -0.2) is 28.8 Å². The predicted octanol–water partition coefficient (Wildman–Crippen LogP) is 4.09. The van der Waals surface area contributed by atoms with Crippen molar-refractivity contribution in [2.24, 2.45) is 0 Å². The zero-order chi connectivity index (χ0) is 20.5. The Kier molecular flexibility index (Phi) is 8.18. The molecule has 4 nitrogen and oxygen atoms in total. The highest BCUT2D eigenvalue weighted by atomic mass is 19.1. The van der Waals surface area contributed by atoms with E-state index in [0.29, 0.717) is 12.8 Å². The van der Waals surface area contributed by atoms with Crippen molar-refractivity contribution < 1.29 is 14.0 Å². The number of halogens is 1. The average Bonchev–Trinajstić information content (AvgIpc) is 2.71. The highest BCUT2D eigenvalue weighted by molar-refractivity contribution is 5.87. The standard InChI is InChI=1S/C23H29FN2O2/c1-4-17(2)25-23(28)18(3)26(16-20-10-13-21(24)14-11-20)22(27)15-12-19-8-6-5-7-9-19/h5-11,13-14,17-18H,4,12,15-16H2,1-3H3,(H,25,28)/t17-,18+/m1/s1. The molecular weight excluding hydrogens is 355 g/mol. The first-order valence-electron chi connectivity index (χ1n) is 9.79. The van der Waals surface area contributed by atoms with Gasteiger partial charge in [0.15, 0.2) is 0 Å². The highest BCUT2D eigenvalue weighted by Crippen LogP contribution is 2.14. The molecule has 0 spiro atoms. The number of carbonyl (C=O) groups is 2. The van der Waals surface area contributed by atoms with Gasteiger partial charge >= 0.3 is 0 Å². The largest absolute Gasteiger partial charge is 0.352 e. The molecule has 150 valence electrons. The van der Waals surface area contributed by atoms with Gasteiger partial charge in [-0.2, -0.15) is 0 Å². The van der Waals surface area contributed by atoms with Crippen molar-refractivity contribution in [3.63, 3.8) is 0 Å². The monoisotopic (exact) mass is 384 g/mol. The van der Waals surface area contributed by atoms with Crippen molar-refractivity contribution >= 4 is 11.8 Å². The smallest absolute Gasteiger partial charge is 0.242 e. The Hall–Kier alpha value is -2.69.